The van der Waals surface area contributed by atoms with E-state index in [2.05, 4.69) is 19.1 Å². The Labute approximate surface area is 101 Å². The molecule has 0 heterocycles. The second kappa shape index (κ2) is 5.04. The van der Waals surface area contributed by atoms with Crippen LogP contribution in [0.1, 0.15) is 12.5 Å². The number of ether oxygens (including phenoxy) is 1. The minimum atomic E-state index is 0.627. The number of halogens is 1. The molecule has 16 heavy (non-hydrogen) atoms. The van der Waals surface area contributed by atoms with Crippen molar-refractivity contribution in [3.63, 3.8) is 0 Å². The first-order valence-electron chi connectivity index (χ1n) is 5.31. The van der Waals surface area contributed by atoms with Crippen molar-refractivity contribution in [2.24, 2.45) is 0 Å². The Kier molecular flexibility index (Phi) is 3.47. The number of aryl methyl sites for hydroxylation is 1. The Morgan fingerprint density at radius 2 is 1.69 bits per heavy atom. The standard InChI is InChI=1S/C14H13ClO/c1-2-11-7-9-12(10-8-11)16-14-6-4-3-5-13(14)15/h3-10H,2H2,1H3. The molecule has 0 N–H and O–H groups in total. The van der Waals surface area contributed by atoms with E-state index in [0.29, 0.717) is 10.8 Å². The highest BCUT2D eigenvalue weighted by molar-refractivity contribution is 6.32. The molecule has 0 atom stereocenters. The predicted octanol–water partition coefficient (Wildman–Crippen LogP) is 4.69. The van der Waals surface area contributed by atoms with Crippen LogP contribution >= 0.6 is 11.6 Å². The molecule has 2 rings (SSSR count). The topological polar surface area (TPSA) is 9.23 Å². The van der Waals surface area contributed by atoms with Gasteiger partial charge < -0.3 is 4.74 Å². The Hall–Kier alpha value is -1.47. The monoisotopic (exact) mass is 232 g/mol. The van der Waals surface area contributed by atoms with Gasteiger partial charge in [0.25, 0.3) is 0 Å². The van der Waals surface area contributed by atoms with Gasteiger partial charge >= 0.3 is 0 Å². The van der Waals surface area contributed by atoms with Crippen LogP contribution < -0.4 is 4.74 Å². The molecule has 2 heteroatoms. The maximum absolute atomic E-state index is 6.01. The summed E-state index contributed by atoms with van der Waals surface area (Å²) in [6.45, 7) is 2.13. The van der Waals surface area contributed by atoms with Gasteiger partial charge in [-0.1, -0.05) is 42.8 Å². The molecule has 1 nitrogen and oxygen atoms in total. The molecule has 2 aromatic rings. The van der Waals surface area contributed by atoms with Crippen LogP contribution in [0.4, 0.5) is 0 Å². The summed E-state index contributed by atoms with van der Waals surface area (Å²) in [5, 5.41) is 0.627. The molecule has 0 unspecified atom stereocenters. The summed E-state index contributed by atoms with van der Waals surface area (Å²) in [7, 11) is 0. The average Bonchev–Trinajstić information content (AvgIpc) is 2.33. The van der Waals surface area contributed by atoms with Gasteiger partial charge in [0, 0.05) is 0 Å². The van der Waals surface area contributed by atoms with Crippen LogP contribution in [0.3, 0.4) is 0 Å². The van der Waals surface area contributed by atoms with Crippen LogP contribution in [0, 0.1) is 0 Å². The van der Waals surface area contributed by atoms with Gasteiger partial charge in [-0.05, 0) is 36.2 Å². The van der Waals surface area contributed by atoms with Crippen LogP contribution in [0.25, 0.3) is 0 Å². The fourth-order valence-corrected chi connectivity index (χ4v) is 1.62. The van der Waals surface area contributed by atoms with Crippen LogP contribution in [-0.2, 0) is 6.42 Å². The Morgan fingerprint density at radius 1 is 1.00 bits per heavy atom. The number of hydrogen-bond donors (Lipinski definition) is 0. The molecule has 0 spiro atoms. The van der Waals surface area contributed by atoms with Gasteiger partial charge in [-0.25, -0.2) is 0 Å². The fraction of sp³-hybridized carbons (Fsp3) is 0.143. The highest BCUT2D eigenvalue weighted by Crippen LogP contribution is 2.28. The van der Waals surface area contributed by atoms with E-state index in [9.17, 15) is 0 Å². The van der Waals surface area contributed by atoms with Crippen molar-refractivity contribution in [3.8, 4) is 11.5 Å². The maximum Gasteiger partial charge on any atom is 0.146 e. The number of rotatable bonds is 3. The second-order valence-electron chi connectivity index (χ2n) is 3.53. The summed E-state index contributed by atoms with van der Waals surface area (Å²) in [4.78, 5) is 0. The average molecular weight is 233 g/mol. The van der Waals surface area contributed by atoms with Crippen molar-refractivity contribution in [3.05, 3.63) is 59.1 Å². The first-order chi connectivity index (χ1) is 7.79. The highest BCUT2D eigenvalue weighted by Gasteiger charge is 2.01. The first-order valence-corrected chi connectivity index (χ1v) is 5.68. The van der Waals surface area contributed by atoms with E-state index in [4.69, 9.17) is 16.3 Å². The lowest BCUT2D eigenvalue weighted by Crippen LogP contribution is -1.86. The van der Waals surface area contributed by atoms with Crippen LogP contribution in [0.15, 0.2) is 48.5 Å². The van der Waals surface area contributed by atoms with Crippen molar-refractivity contribution < 1.29 is 4.74 Å². The van der Waals surface area contributed by atoms with Crippen molar-refractivity contribution in [2.45, 2.75) is 13.3 Å². The molecule has 0 radical (unpaired) electrons. The number of benzene rings is 2. The summed E-state index contributed by atoms with van der Waals surface area (Å²) in [6, 6.07) is 15.5. The summed E-state index contributed by atoms with van der Waals surface area (Å²) >= 11 is 6.01. The lowest BCUT2D eigenvalue weighted by molar-refractivity contribution is 0.483. The molecule has 0 amide bonds. The van der Waals surface area contributed by atoms with Crippen molar-refractivity contribution in [1.29, 1.82) is 0 Å². The molecule has 0 aliphatic rings. The van der Waals surface area contributed by atoms with Gasteiger partial charge in [-0.3, -0.25) is 0 Å². The Morgan fingerprint density at radius 3 is 2.31 bits per heavy atom. The van der Waals surface area contributed by atoms with E-state index in [1.54, 1.807) is 0 Å². The van der Waals surface area contributed by atoms with Crippen molar-refractivity contribution in [1.82, 2.24) is 0 Å². The lowest BCUT2D eigenvalue weighted by atomic mass is 10.2. The third kappa shape index (κ3) is 2.56. The highest BCUT2D eigenvalue weighted by atomic mass is 35.5. The van der Waals surface area contributed by atoms with Crippen LogP contribution in [0.5, 0.6) is 11.5 Å². The summed E-state index contributed by atoms with van der Waals surface area (Å²) in [6.07, 6.45) is 1.03. The zero-order valence-corrected chi connectivity index (χ0v) is 9.87. The zero-order chi connectivity index (χ0) is 11.4. The smallest absolute Gasteiger partial charge is 0.146 e. The SMILES string of the molecule is CCc1ccc(Oc2ccccc2Cl)cc1. The van der Waals surface area contributed by atoms with E-state index in [1.165, 1.54) is 5.56 Å². The van der Waals surface area contributed by atoms with E-state index >= 15 is 0 Å². The van der Waals surface area contributed by atoms with Crippen molar-refractivity contribution >= 4 is 11.6 Å². The number of hydrogen-bond acceptors (Lipinski definition) is 1. The van der Waals surface area contributed by atoms with Gasteiger partial charge in [0.2, 0.25) is 0 Å². The lowest BCUT2D eigenvalue weighted by Gasteiger charge is -2.07. The molecule has 0 aliphatic carbocycles. The van der Waals surface area contributed by atoms with Gasteiger partial charge in [-0.2, -0.15) is 0 Å². The normalized spacial score (nSPS) is 10.1. The molecular formula is C14H13ClO. The minimum absolute atomic E-state index is 0.627. The largest absolute Gasteiger partial charge is 0.456 e. The Balaban J connectivity index is 2.18. The molecule has 2 aromatic carbocycles. The van der Waals surface area contributed by atoms with Gasteiger partial charge in [0.05, 0.1) is 5.02 Å². The third-order valence-electron chi connectivity index (χ3n) is 2.40. The van der Waals surface area contributed by atoms with E-state index in [0.717, 1.165) is 12.2 Å². The van der Waals surface area contributed by atoms with Crippen molar-refractivity contribution in [2.75, 3.05) is 0 Å². The van der Waals surface area contributed by atoms with Crippen LogP contribution in [0.2, 0.25) is 5.02 Å². The molecule has 82 valence electrons. The summed E-state index contributed by atoms with van der Waals surface area (Å²) < 4.78 is 5.68. The summed E-state index contributed by atoms with van der Waals surface area (Å²) in [5.74, 6) is 1.50. The van der Waals surface area contributed by atoms with E-state index < -0.39 is 0 Å². The molecule has 0 fully saturated rings. The first kappa shape index (κ1) is 11.0. The zero-order valence-electron chi connectivity index (χ0n) is 9.11. The van der Waals surface area contributed by atoms with Crippen LogP contribution in [-0.4, -0.2) is 0 Å². The third-order valence-corrected chi connectivity index (χ3v) is 2.71. The minimum Gasteiger partial charge on any atom is -0.456 e. The Bertz CT molecular complexity index is 462. The molecule has 0 bridgehead atoms. The molecule has 0 aliphatic heterocycles. The predicted molar refractivity (Wildman–Crippen MR) is 67.3 cm³/mol. The number of para-hydroxylation sites is 1. The van der Waals surface area contributed by atoms with Gasteiger partial charge in [0.15, 0.2) is 0 Å². The van der Waals surface area contributed by atoms with Gasteiger partial charge in [-0.15, -0.1) is 0 Å². The van der Waals surface area contributed by atoms with E-state index in [-0.39, 0.29) is 0 Å². The summed E-state index contributed by atoms with van der Waals surface area (Å²) in [5.41, 5.74) is 1.30. The quantitative estimate of drug-likeness (QED) is 0.746. The molecule has 0 saturated carbocycles. The second-order valence-corrected chi connectivity index (χ2v) is 3.94. The molecule has 0 aromatic heterocycles. The fourth-order valence-electron chi connectivity index (χ4n) is 1.45. The van der Waals surface area contributed by atoms with Gasteiger partial charge in [0.1, 0.15) is 11.5 Å². The van der Waals surface area contributed by atoms with E-state index in [1.807, 2.05) is 36.4 Å². The maximum atomic E-state index is 6.01. The molecule has 0 saturated heterocycles. The molecular weight excluding hydrogens is 220 g/mol.